The van der Waals surface area contributed by atoms with Crippen molar-refractivity contribution >= 4 is 0 Å². The fourth-order valence-electron chi connectivity index (χ4n) is 1.94. The molecule has 0 aromatic carbocycles. The fraction of sp³-hybridized carbons (Fsp3) is 0.786. The lowest BCUT2D eigenvalue weighted by Gasteiger charge is -2.13. The maximum Gasteiger partial charge on any atom is 0.0468 e. The van der Waals surface area contributed by atoms with E-state index in [1.54, 1.807) is 0 Å². The van der Waals surface area contributed by atoms with E-state index in [1.807, 2.05) is 0 Å². The summed E-state index contributed by atoms with van der Waals surface area (Å²) in [6, 6.07) is 0. The molecule has 0 saturated heterocycles. The van der Waals surface area contributed by atoms with Gasteiger partial charge in [0.05, 0.1) is 0 Å². The molecule has 0 radical (unpaired) electrons. The third-order valence-electron chi connectivity index (χ3n) is 2.90. The van der Waals surface area contributed by atoms with Crippen LogP contribution in [-0.2, 0) is 0 Å². The van der Waals surface area contributed by atoms with Gasteiger partial charge in [-0.3, -0.25) is 0 Å². The van der Waals surface area contributed by atoms with Crippen LogP contribution in [0.2, 0.25) is 0 Å². The van der Waals surface area contributed by atoms with E-state index in [9.17, 15) is 0 Å². The van der Waals surface area contributed by atoms with Crippen LogP contribution in [0.4, 0.5) is 0 Å². The quantitative estimate of drug-likeness (QED) is 0.296. The molecular formula is C14H27O3-. The molecule has 0 aliphatic heterocycles. The predicted octanol–water partition coefficient (Wildman–Crippen LogP) is 2.07. The summed E-state index contributed by atoms with van der Waals surface area (Å²) in [6.45, 7) is 4.27. The van der Waals surface area contributed by atoms with Crippen LogP contribution in [0, 0.1) is 12.8 Å². The molecular weight excluding hydrogens is 216 g/mol. The van der Waals surface area contributed by atoms with Gasteiger partial charge in [-0.25, -0.2) is 0 Å². The zero-order valence-corrected chi connectivity index (χ0v) is 10.8. The second-order valence-electron chi connectivity index (χ2n) is 4.39. The van der Waals surface area contributed by atoms with E-state index in [4.69, 9.17) is 15.3 Å². The van der Waals surface area contributed by atoms with Crippen LogP contribution in [0.1, 0.15) is 44.9 Å². The standard InChI is InChI=1S/C14H27O3/c1-2-3-4-5-13(6-9-15)12-14(7-10-16)8-11-17/h12,14-17H,1-11H2/q-1/b13-12+. The molecule has 0 rings (SSSR count). The first-order chi connectivity index (χ1) is 8.28. The van der Waals surface area contributed by atoms with Gasteiger partial charge in [0.1, 0.15) is 0 Å². The number of allylic oxidation sites excluding steroid dienone is 1. The summed E-state index contributed by atoms with van der Waals surface area (Å²) >= 11 is 0. The van der Waals surface area contributed by atoms with Gasteiger partial charge in [0.15, 0.2) is 0 Å². The van der Waals surface area contributed by atoms with Gasteiger partial charge in [-0.05, 0) is 31.6 Å². The van der Waals surface area contributed by atoms with Gasteiger partial charge in [-0.15, -0.1) is 0 Å². The molecule has 0 heterocycles. The van der Waals surface area contributed by atoms with E-state index in [2.05, 4.69) is 13.0 Å². The van der Waals surface area contributed by atoms with Crippen LogP contribution in [0.5, 0.6) is 0 Å². The predicted molar refractivity (Wildman–Crippen MR) is 70.5 cm³/mol. The van der Waals surface area contributed by atoms with Gasteiger partial charge in [-0.2, -0.15) is 6.42 Å². The highest BCUT2D eigenvalue weighted by molar-refractivity contribution is 5.04. The molecule has 0 aliphatic carbocycles. The number of aliphatic hydroxyl groups is 3. The SMILES string of the molecule is [CH2-]CCCC/C(=C\C(CCO)CCO)CCO. The van der Waals surface area contributed by atoms with E-state index < -0.39 is 0 Å². The molecule has 17 heavy (non-hydrogen) atoms. The zero-order valence-electron chi connectivity index (χ0n) is 10.8. The average Bonchev–Trinajstić information content (AvgIpc) is 2.30. The summed E-state index contributed by atoms with van der Waals surface area (Å²) in [7, 11) is 0. The highest BCUT2D eigenvalue weighted by Crippen LogP contribution is 2.19. The third-order valence-corrected chi connectivity index (χ3v) is 2.90. The normalized spacial score (nSPS) is 12.4. The van der Waals surface area contributed by atoms with Crippen molar-refractivity contribution in [2.24, 2.45) is 5.92 Å². The summed E-state index contributed by atoms with van der Waals surface area (Å²) in [4.78, 5) is 0. The van der Waals surface area contributed by atoms with Crippen LogP contribution in [-0.4, -0.2) is 35.1 Å². The minimum atomic E-state index is 0.145. The van der Waals surface area contributed by atoms with Gasteiger partial charge in [0.2, 0.25) is 0 Å². The third kappa shape index (κ3) is 9.33. The van der Waals surface area contributed by atoms with Crippen LogP contribution in [0.15, 0.2) is 11.6 Å². The molecule has 3 heteroatoms. The molecule has 0 aromatic rings. The van der Waals surface area contributed by atoms with E-state index in [-0.39, 0.29) is 25.7 Å². The zero-order chi connectivity index (χ0) is 12.9. The molecule has 0 spiro atoms. The van der Waals surface area contributed by atoms with Crippen LogP contribution in [0.3, 0.4) is 0 Å². The largest absolute Gasteiger partial charge is 0.396 e. The number of hydrogen-bond donors (Lipinski definition) is 3. The average molecular weight is 243 g/mol. The summed E-state index contributed by atoms with van der Waals surface area (Å²) < 4.78 is 0. The summed E-state index contributed by atoms with van der Waals surface area (Å²) in [5.41, 5.74) is 1.24. The van der Waals surface area contributed by atoms with Crippen molar-refractivity contribution < 1.29 is 15.3 Å². The smallest absolute Gasteiger partial charge is 0.0468 e. The van der Waals surface area contributed by atoms with Crippen molar-refractivity contribution in [3.8, 4) is 0 Å². The van der Waals surface area contributed by atoms with Crippen molar-refractivity contribution in [1.29, 1.82) is 0 Å². The Hall–Kier alpha value is -0.380. The Morgan fingerprint density at radius 3 is 2.06 bits per heavy atom. The maximum absolute atomic E-state index is 9.01. The number of rotatable bonds is 11. The van der Waals surface area contributed by atoms with E-state index in [0.29, 0.717) is 19.3 Å². The van der Waals surface area contributed by atoms with E-state index in [1.165, 1.54) is 5.57 Å². The lowest BCUT2D eigenvalue weighted by molar-refractivity contribution is 0.233. The summed E-state index contributed by atoms with van der Waals surface area (Å²) in [6.07, 6.45) is 8.34. The molecule has 0 fully saturated rings. The molecule has 0 unspecified atom stereocenters. The maximum atomic E-state index is 9.01. The molecule has 0 saturated carbocycles. The van der Waals surface area contributed by atoms with Gasteiger partial charge in [0, 0.05) is 19.8 Å². The second kappa shape index (κ2) is 12.1. The number of unbranched alkanes of at least 4 members (excludes halogenated alkanes) is 2. The van der Waals surface area contributed by atoms with Crippen molar-refractivity contribution in [2.45, 2.75) is 44.9 Å². The lowest BCUT2D eigenvalue weighted by Crippen LogP contribution is -2.04. The second-order valence-corrected chi connectivity index (χ2v) is 4.39. The Morgan fingerprint density at radius 2 is 1.59 bits per heavy atom. The monoisotopic (exact) mass is 243 g/mol. The summed E-state index contributed by atoms with van der Waals surface area (Å²) in [5, 5.41) is 26.9. The van der Waals surface area contributed by atoms with E-state index in [0.717, 1.165) is 25.7 Å². The molecule has 0 aliphatic rings. The first-order valence-corrected chi connectivity index (χ1v) is 6.59. The van der Waals surface area contributed by atoms with E-state index >= 15 is 0 Å². The molecule has 0 aromatic heterocycles. The van der Waals surface area contributed by atoms with Gasteiger partial charge < -0.3 is 22.2 Å². The summed E-state index contributed by atoms with van der Waals surface area (Å²) in [5.74, 6) is 0.228. The van der Waals surface area contributed by atoms with Gasteiger partial charge in [0.25, 0.3) is 0 Å². The fourth-order valence-corrected chi connectivity index (χ4v) is 1.94. The lowest BCUT2D eigenvalue weighted by atomic mass is 9.95. The molecule has 3 N–H and O–H groups in total. The van der Waals surface area contributed by atoms with Crippen LogP contribution in [0.25, 0.3) is 0 Å². The Morgan fingerprint density at radius 1 is 0.941 bits per heavy atom. The van der Waals surface area contributed by atoms with Crippen molar-refractivity contribution in [3.63, 3.8) is 0 Å². The Kier molecular flexibility index (Phi) is 11.8. The number of aliphatic hydroxyl groups excluding tert-OH is 3. The van der Waals surface area contributed by atoms with Crippen molar-refractivity contribution in [1.82, 2.24) is 0 Å². The van der Waals surface area contributed by atoms with Gasteiger partial charge in [-0.1, -0.05) is 24.5 Å². The molecule has 0 bridgehead atoms. The van der Waals surface area contributed by atoms with Crippen LogP contribution < -0.4 is 0 Å². The highest BCUT2D eigenvalue weighted by atomic mass is 16.3. The van der Waals surface area contributed by atoms with Crippen molar-refractivity contribution in [3.05, 3.63) is 18.6 Å². The highest BCUT2D eigenvalue weighted by Gasteiger charge is 2.06. The minimum absolute atomic E-state index is 0.145. The Bertz CT molecular complexity index is 184. The van der Waals surface area contributed by atoms with Crippen LogP contribution >= 0.6 is 0 Å². The minimum Gasteiger partial charge on any atom is -0.396 e. The molecule has 0 amide bonds. The van der Waals surface area contributed by atoms with Gasteiger partial charge >= 0.3 is 0 Å². The first-order valence-electron chi connectivity index (χ1n) is 6.59. The van der Waals surface area contributed by atoms with Crippen molar-refractivity contribution in [2.75, 3.05) is 19.8 Å². The first kappa shape index (κ1) is 16.6. The Balaban J connectivity index is 4.27. The molecule has 102 valence electrons. The molecule has 3 nitrogen and oxygen atoms in total. The topological polar surface area (TPSA) is 60.7 Å². The Labute approximate surface area is 105 Å². The molecule has 0 atom stereocenters. The number of hydrogen-bond acceptors (Lipinski definition) is 3.